The first-order valence-electron chi connectivity index (χ1n) is 10.1. The fourth-order valence-corrected chi connectivity index (χ4v) is 6.04. The summed E-state index contributed by atoms with van der Waals surface area (Å²) in [6.07, 6.45) is 8.87. The molecule has 5 rings (SSSR count). The van der Waals surface area contributed by atoms with E-state index >= 15 is 0 Å². The summed E-state index contributed by atoms with van der Waals surface area (Å²) >= 11 is 0. The number of likely N-dealkylation sites (N-methyl/N-ethyl adjacent to an activating group) is 1. The van der Waals surface area contributed by atoms with Crippen LogP contribution >= 0.6 is 0 Å². The van der Waals surface area contributed by atoms with Gasteiger partial charge in [0.15, 0.2) is 0 Å². The fourth-order valence-electron chi connectivity index (χ4n) is 6.04. The van der Waals surface area contributed by atoms with E-state index in [2.05, 4.69) is 33.9 Å². The van der Waals surface area contributed by atoms with Crippen LogP contribution < -0.4 is 0 Å². The molecule has 6 atom stereocenters. The predicted octanol–water partition coefficient (Wildman–Crippen LogP) is 1.54. The van der Waals surface area contributed by atoms with Gasteiger partial charge in [-0.25, -0.2) is 0 Å². The Balaban J connectivity index is 1.12. The van der Waals surface area contributed by atoms with Gasteiger partial charge in [0.2, 0.25) is 5.91 Å². The molecule has 4 fully saturated rings. The van der Waals surface area contributed by atoms with Crippen LogP contribution in [0, 0.1) is 35.5 Å². The van der Waals surface area contributed by atoms with Crippen molar-refractivity contribution in [3.05, 3.63) is 12.2 Å². The summed E-state index contributed by atoms with van der Waals surface area (Å²) in [4.78, 5) is 20.1. The van der Waals surface area contributed by atoms with Crippen LogP contribution in [0.2, 0.25) is 0 Å². The van der Waals surface area contributed by atoms with Gasteiger partial charge in [-0.1, -0.05) is 12.2 Å². The lowest BCUT2D eigenvalue weighted by Gasteiger charge is -2.27. The van der Waals surface area contributed by atoms with Gasteiger partial charge in [-0.05, 0) is 62.4 Å². The van der Waals surface area contributed by atoms with E-state index in [-0.39, 0.29) is 0 Å². The molecule has 0 radical (unpaired) electrons. The summed E-state index contributed by atoms with van der Waals surface area (Å²) in [5.74, 6) is 4.83. The topological polar surface area (TPSA) is 26.8 Å². The molecule has 3 aliphatic carbocycles. The van der Waals surface area contributed by atoms with Crippen LogP contribution in [0.25, 0.3) is 0 Å². The van der Waals surface area contributed by atoms with Crippen molar-refractivity contribution in [1.29, 1.82) is 0 Å². The molecule has 2 aliphatic heterocycles. The number of fused-ring (bicyclic) bond motifs is 3. The molecular weight excluding hydrogens is 298 g/mol. The van der Waals surface area contributed by atoms with Gasteiger partial charge >= 0.3 is 0 Å². The number of piperidine rings is 1. The standard InChI is InChI=1S/C20H31N3O/c1-21-5-2-6-23(8-7-21)20(24)19-17-12-22(13-18(17)19)11-16-10-14-3-4-15(16)9-14/h3-4,14-19H,2,5-13H2,1H3/t14-,15+,16?,17-,18+,19?/m0/s1. The Bertz CT molecular complexity index is 535. The summed E-state index contributed by atoms with van der Waals surface area (Å²) in [6.45, 7) is 7.74. The predicted molar refractivity (Wildman–Crippen MR) is 94.4 cm³/mol. The first-order valence-corrected chi connectivity index (χ1v) is 10.1. The summed E-state index contributed by atoms with van der Waals surface area (Å²) < 4.78 is 0. The molecule has 0 aromatic carbocycles. The monoisotopic (exact) mass is 329 g/mol. The Hall–Kier alpha value is -0.870. The third kappa shape index (κ3) is 2.62. The lowest BCUT2D eigenvalue weighted by atomic mass is 9.93. The SMILES string of the molecule is CN1CCCN(C(=O)C2[C@H]3CN(CC4C[C@H]5C=C[C@@H]4C5)C[C@@H]23)CC1. The maximum absolute atomic E-state index is 12.9. The summed E-state index contributed by atoms with van der Waals surface area (Å²) in [6, 6.07) is 0. The smallest absolute Gasteiger partial charge is 0.226 e. The molecule has 132 valence electrons. The van der Waals surface area contributed by atoms with Gasteiger partial charge in [0, 0.05) is 45.2 Å². The molecule has 0 aromatic rings. The van der Waals surface area contributed by atoms with Crippen LogP contribution in [0.15, 0.2) is 12.2 Å². The Morgan fingerprint density at radius 3 is 2.58 bits per heavy atom. The molecular formula is C20H31N3O. The van der Waals surface area contributed by atoms with Crippen LogP contribution in [-0.2, 0) is 4.79 Å². The van der Waals surface area contributed by atoms with Gasteiger partial charge in [0.25, 0.3) is 0 Å². The van der Waals surface area contributed by atoms with Crippen molar-refractivity contribution in [3.63, 3.8) is 0 Å². The van der Waals surface area contributed by atoms with Crippen molar-refractivity contribution in [2.24, 2.45) is 35.5 Å². The van der Waals surface area contributed by atoms with Crippen molar-refractivity contribution in [3.8, 4) is 0 Å². The highest BCUT2D eigenvalue weighted by Crippen LogP contribution is 2.53. The van der Waals surface area contributed by atoms with E-state index in [1.165, 1.54) is 32.5 Å². The Morgan fingerprint density at radius 2 is 1.88 bits per heavy atom. The average molecular weight is 329 g/mol. The van der Waals surface area contributed by atoms with Gasteiger partial charge in [0.05, 0.1) is 0 Å². The zero-order valence-electron chi connectivity index (χ0n) is 14.9. The molecule has 5 aliphatic rings. The minimum Gasteiger partial charge on any atom is -0.341 e. The van der Waals surface area contributed by atoms with Crippen molar-refractivity contribution in [2.45, 2.75) is 19.3 Å². The zero-order valence-corrected chi connectivity index (χ0v) is 14.9. The first kappa shape index (κ1) is 15.4. The summed E-state index contributed by atoms with van der Waals surface area (Å²) in [7, 11) is 2.17. The minimum absolute atomic E-state index is 0.365. The third-order valence-electron chi connectivity index (χ3n) is 7.50. The number of likely N-dealkylation sites (tertiary alicyclic amines) is 1. The van der Waals surface area contributed by atoms with E-state index in [4.69, 9.17) is 0 Å². The molecule has 2 heterocycles. The molecule has 2 saturated carbocycles. The highest BCUT2D eigenvalue weighted by molar-refractivity contribution is 5.82. The number of carbonyl (C=O) groups is 1. The number of amides is 1. The van der Waals surface area contributed by atoms with E-state index in [9.17, 15) is 4.79 Å². The second-order valence-electron chi connectivity index (χ2n) is 9.09. The number of hydrogen-bond donors (Lipinski definition) is 0. The number of rotatable bonds is 3. The second kappa shape index (κ2) is 5.84. The molecule has 24 heavy (non-hydrogen) atoms. The number of nitrogens with zero attached hydrogens (tertiary/aromatic N) is 3. The number of carbonyl (C=O) groups excluding carboxylic acids is 1. The Labute approximate surface area is 145 Å². The van der Waals surface area contributed by atoms with Crippen LogP contribution in [0.4, 0.5) is 0 Å². The van der Waals surface area contributed by atoms with E-state index < -0.39 is 0 Å². The largest absolute Gasteiger partial charge is 0.341 e. The second-order valence-corrected chi connectivity index (χ2v) is 9.09. The lowest BCUT2D eigenvalue weighted by Crippen LogP contribution is -2.39. The van der Waals surface area contributed by atoms with Crippen LogP contribution in [-0.4, -0.2) is 73.5 Å². The number of hydrogen-bond acceptors (Lipinski definition) is 3. The van der Waals surface area contributed by atoms with E-state index in [1.54, 1.807) is 0 Å². The van der Waals surface area contributed by atoms with Gasteiger partial charge < -0.3 is 14.7 Å². The Morgan fingerprint density at radius 1 is 1.04 bits per heavy atom. The molecule has 0 spiro atoms. The average Bonchev–Trinajstić information content (AvgIpc) is 2.91. The van der Waals surface area contributed by atoms with E-state index in [1.807, 2.05) is 0 Å². The molecule has 2 unspecified atom stereocenters. The molecule has 2 saturated heterocycles. The maximum Gasteiger partial charge on any atom is 0.226 e. The highest BCUT2D eigenvalue weighted by atomic mass is 16.2. The fraction of sp³-hybridized carbons (Fsp3) is 0.850. The minimum atomic E-state index is 0.365. The lowest BCUT2D eigenvalue weighted by molar-refractivity contribution is -0.133. The van der Waals surface area contributed by atoms with E-state index in [0.29, 0.717) is 23.7 Å². The normalized spacial score (nSPS) is 44.8. The molecule has 4 nitrogen and oxygen atoms in total. The Kier molecular flexibility index (Phi) is 3.75. The number of allylic oxidation sites excluding steroid dienone is 2. The van der Waals surface area contributed by atoms with Gasteiger partial charge in [0.1, 0.15) is 0 Å². The van der Waals surface area contributed by atoms with Crippen molar-refractivity contribution >= 4 is 5.91 Å². The molecule has 4 heteroatoms. The third-order valence-corrected chi connectivity index (χ3v) is 7.50. The summed E-state index contributed by atoms with van der Waals surface area (Å²) in [5.41, 5.74) is 0. The van der Waals surface area contributed by atoms with Gasteiger partial charge in [-0.2, -0.15) is 0 Å². The van der Waals surface area contributed by atoms with Crippen LogP contribution in [0.5, 0.6) is 0 Å². The van der Waals surface area contributed by atoms with Gasteiger partial charge in [-0.15, -0.1) is 0 Å². The molecule has 0 aromatic heterocycles. The maximum atomic E-state index is 12.9. The quantitative estimate of drug-likeness (QED) is 0.735. The van der Waals surface area contributed by atoms with Crippen molar-refractivity contribution in [2.75, 3.05) is 52.9 Å². The first-order chi connectivity index (χ1) is 11.7. The molecule has 0 N–H and O–H groups in total. The van der Waals surface area contributed by atoms with Crippen molar-refractivity contribution < 1.29 is 4.79 Å². The summed E-state index contributed by atoms with van der Waals surface area (Å²) in [5, 5.41) is 0. The highest BCUT2D eigenvalue weighted by Gasteiger charge is 2.60. The molecule has 1 amide bonds. The van der Waals surface area contributed by atoms with Crippen molar-refractivity contribution in [1.82, 2.24) is 14.7 Å². The van der Waals surface area contributed by atoms with Crippen LogP contribution in [0.1, 0.15) is 19.3 Å². The molecule has 2 bridgehead atoms. The zero-order chi connectivity index (χ0) is 16.3. The van der Waals surface area contributed by atoms with E-state index in [0.717, 1.165) is 50.4 Å². The van der Waals surface area contributed by atoms with Crippen LogP contribution in [0.3, 0.4) is 0 Å². The van der Waals surface area contributed by atoms with Gasteiger partial charge in [-0.3, -0.25) is 4.79 Å².